The molecule has 0 spiro atoms. The first-order valence-electron chi connectivity index (χ1n) is 9.92. The van der Waals surface area contributed by atoms with Crippen LogP contribution in [0.4, 0.5) is 0 Å². The SMILES string of the molecule is CCOC1CC(NC(=NC)NCCN2CCS(=O)(=O)CC2)C1(CC)CC. The molecule has 1 aliphatic heterocycles. The lowest BCUT2D eigenvalue weighted by atomic mass is 9.58. The molecule has 0 aromatic carbocycles. The molecule has 2 aliphatic rings. The Balaban J connectivity index is 1.79. The first-order valence-corrected chi connectivity index (χ1v) is 11.7. The molecule has 1 saturated carbocycles. The molecule has 0 amide bonds. The summed E-state index contributed by atoms with van der Waals surface area (Å²) in [5.41, 5.74) is 0.175. The van der Waals surface area contributed by atoms with E-state index in [1.807, 2.05) is 0 Å². The van der Waals surface area contributed by atoms with Crippen LogP contribution in [0.3, 0.4) is 0 Å². The van der Waals surface area contributed by atoms with Gasteiger partial charge in [-0.1, -0.05) is 13.8 Å². The molecule has 7 nitrogen and oxygen atoms in total. The van der Waals surface area contributed by atoms with Crippen molar-refractivity contribution in [3.8, 4) is 0 Å². The molecule has 0 radical (unpaired) electrons. The third-order valence-corrected chi connectivity index (χ3v) is 7.77. The zero-order chi connectivity index (χ0) is 19.2. The van der Waals surface area contributed by atoms with Crippen molar-refractivity contribution in [2.24, 2.45) is 10.4 Å². The topological polar surface area (TPSA) is 83.0 Å². The van der Waals surface area contributed by atoms with Gasteiger partial charge >= 0.3 is 0 Å². The Kier molecular flexibility index (Phi) is 7.73. The number of aliphatic imine (C=N–C) groups is 1. The average Bonchev–Trinajstić information content (AvgIpc) is 2.62. The first kappa shape index (κ1) is 21.4. The van der Waals surface area contributed by atoms with Crippen LogP contribution >= 0.6 is 0 Å². The molecule has 0 aromatic heterocycles. The molecular weight excluding hydrogens is 352 g/mol. The van der Waals surface area contributed by atoms with E-state index < -0.39 is 9.84 Å². The van der Waals surface area contributed by atoms with Crippen molar-refractivity contribution in [2.75, 3.05) is 51.3 Å². The lowest BCUT2D eigenvalue weighted by Crippen LogP contribution is -2.65. The van der Waals surface area contributed by atoms with Gasteiger partial charge in [-0.05, 0) is 26.2 Å². The maximum absolute atomic E-state index is 11.5. The molecule has 2 atom stereocenters. The zero-order valence-corrected chi connectivity index (χ0v) is 17.6. The van der Waals surface area contributed by atoms with E-state index in [4.69, 9.17) is 4.74 Å². The molecule has 2 unspecified atom stereocenters. The molecule has 2 N–H and O–H groups in total. The van der Waals surface area contributed by atoms with Gasteiger partial charge in [0.15, 0.2) is 15.8 Å². The van der Waals surface area contributed by atoms with Gasteiger partial charge in [0.05, 0.1) is 17.6 Å². The highest BCUT2D eigenvalue weighted by atomic mass is 32.2. The van der Waals surface area contributed by atoms with Gasteiger partial charge < -0.3 is 15.4 Å². The van der Waals surface area contributed by atoms with Gasteiger partial charge in [-0.15, -0.1) is 0 Å². The summed E-state index contributed by atoms with van der Waals surface area (Å²) in [6.45, 7) is 10.1. The highest BCUT2D eigenvalue weighted by molar-refractivity contribution is 7.91. The second-order valence-corrected chi connectivity index (χ2v) is 9.61. The van der Waals surface area contributed by atoms with E-state index in [0.29, 0.717) is 25.2 Å². The van der Waals surface area contributed by atoms with Crippen molar-refractivity contribution >= 4 is 15.8 Å². The Bertz CT molecular complexity index is 561. The third-order valence-electron chi connectivity index (χ3n) is 6.16. The quantitative estimate of drug-likeness (QED) is 0.474. The maximum Gasteiger partial charge on any atom is 0.191 e. The minimum absolute atomic E-state index is 0.175. The van der Waals surface area contributed by atoms with Gasteiger partial charge in [-0.2, -0.15) is 0 Å². The molecular formula is C18H36N4O3S. The monoisotopic (exact) mass is 388 g/mol. The van der Waals surface area contributed by atoms with Crippen molar-refractivity contribution in [3.05, 3.63) is 0 Å². The molecule has 26 heavy (non-hydrogen) atoms. The van der Waals surface area contributed by atoms with Crippen LogP contribution in [0.1, 0.15) is 40.0 Å². The Morgan fingerprint density at radius 1 is 1.23 bits per heavy atom. The van der Waals surface area contributed by atoms with Crippen molar-refractivity contribution in [1.29, 1.82) is 0 Å². The summed E-state index contributed by atoms with van der Waals surface area (Å²) in [6.07, 6.45) is 3.52. The number of guanidine groups is 1. The molecule has 8 heteroatoms. The minimum Gasteiger partial charge on any atom is -0.378 e. The number of ether oxygens (including phenoxy) is 1. The highest BCUT2D eigenvalue weighted by Crippen LogP contribution is 2.48. The molecule has 0 bridgehead atoms. The summed E-state index contributed by atoms with van der Waals surface area (Å²) in [5, 5.41) is 6.96. The molecule has 0 aromatic rings. The zero-order valence-electron chi connectivity index (χ0n) is 16.8. The number of hydrogen-bond donors (Lipinski definition) is 2. The van der Waals surface area contributed by atoms with Crippen molar-refractivity contribution in [3.63, 3.8) is 0 Å². The Morgan fingerprint density at radius 2 is 1.88 bits per heavy atom. The molecule has 2 rings (SSSR count). The van der Waals surface area contributed by atoms with Crippen molar-refractivity contribution < 1.29 is 13.2 Å². The van der Waals surface area contributed by atoms with Crippen LogP contribution in [0.25, 0.3) is 0 Å². The van der Waals surface area contributed by atoms with Gasteiger partial charge in [0, 0.05) is 51.3 Å². The van der Waals surface area contributed by atoms with Gasteiger partial charge in [0.2, 0.25) is 0 Å². The van der Waals surface area contributed by atoms with Crippen LogP contribution < -0.4 is 10.6 Å². The van der Waals surface area contributed by atoms with Crippen molar-refractivity contribution in [2.45, 2.75) is 52.2 Å². The predicted octanol–water partition coefficient (Wildman–Crippen LogP) is 0.866. The highest BCUT2D eigenvalue weighted by Gasteiger charge is 2.53. The molecule has 1 aliphatic carbocycles. The van der Waals surface area contributed by atoms with Crippen LogP contribution in [-0.4, -0.2) is 82.8 Å². The number of sulfone groups is 1. The van der Waals surface area contributed by atoms with E-state index in [2.05, 4.69) is 41.3 Å². The van der Waals surface area contributed by atoms with Gasteiger partial charge in [0.25, 0.3) is 0 Å². The number of nitrogens with one attached hydrogen (secondary N) is 2. The van der Waals surface area contributed by atoms with Gasteiger partial charge in [-0.3, -0.25) is 9.89 Å². The van der Waals surface area contributed by atoms with Crippen molar-refractivity contribution in [1.82, 2.24) is 15.5 Å². The normalized spacial score (nSPS) is 28.4. The van der Waals surface area contributed by atoms with Crippen LogP contribution in [0, 0.1) is 5.41 Å². The Hall–Kier alpha value is -0.860. The molecule has 152 valence electrons. The first-order chi connectivity index (χ1) is 12.4. The molecule has 1 saturated heterocycles. The lowest BCUT2D eigenvalue weighted by molar-refractivity contribution is -0.133. The third kappa shape index (κ3) is 4.89. The Morgan fingerprint density at radius 3 is 2.42 bits per heavy atom. The fourth-order valence-corrected chi connectivity index (χ4v) is 5.53. The second-order valence-electron chi connectivity index (χ2n) is 7.31. The standard InChI is InChI=1S/C18H36N4O3S/c1-5-18(6-2)15(14-16(18)25-7-3)21-17(19-4)20-8-9-22-10-12-26(23,24)13-11-22/h15-16H,5-14H2,1-4H3,(H2,19,20,21). The van der Waals surface area contributed by atoms with Crippen LogP contribution in [0.2, 0.25) is 0 Å². The maximum atomic E-state index is 11.5. The number of hydrogen-bond acceptors (Lipinski definition) is 5. The van der Waals surface area contributed by atoms with E-state index in [1.165, 1.54) is 0 Å². The van der Waals surface area contributed by atoms with E-state index in [1.54, 1.807) is 7.05 Å². The average molecular weight is 389 g/mol. The summed E-state index contributed by atoms with van der Waals surface area (Å²) >= 11 is 0. The molecule has 2 fully saturated rings. The summed E-state index contributed by atoms with van der Waals surface area (Å²) in [6, 6.07) is 0.375. The van der Waals surface area contributed by atoms with E-state index in [-0.39, 0.29) is 16.9 Å². The van der Waals surface area contributed by atoms with Gasteiger partial charge in [0.1, 0.15) is 0 Å². The molecule has 1 heterocycles. The van der Waals surface area contributed by atoms with Gasteiger partial charge in [-0.25, -0.2) is 8.42 Å². The fraction of sp³-hybridized carbons (Fsp3) is 0.944. The van der Waals surface area contributed by atoms with E-state index in [9.17, 15) is 8.42 Å². The smallest absolute Gasteiger partial charge is 0.191 e. The number of rotatable bonds is 8. The summed E-state index contributed by atoms with van der Waals surface area (Å²) in [4.78, 5) is 6.55. The predicted molar refractivity (Wildman–Crippen MR) is 106 cm³/mol. The van der Waals surface area contributed by atoms with Crippen LogP contribution in [-0.2, 0) is 14.6 Å². The summed E-state index contributed by atoms with van der Waals surface area (Å²) < 4.78 is 28.9. The Labute approximate surface area is 158 Å². The summed E-state index contributed by atoms with van der Waals surface area (Å²) in [7, 11) is -1.02. The second kappa shape index (κ2) is 9.37. The lowest BCUT2D eigenvalue weighted by Gasteiger charge is -2.55. The van der Waals surface area contributed by atoms with E-state index >= 15 is 0 Å². The minimum atomic E-state index is -2.81. The largest absolute Gasteiger partial charge is 0.378 e. The van der Waals surface area contributed by atoms with Crippen LogP contribution in [0.5, 0.6) is 0 Å². The summed E-state index contributed by atoms with van der Waals surface area (Å²) in [5.74, 6) is 1.37. The fourth-order valence-electron chi connectivity index (χ4n) is 4.25. The van der Waals surface area contributed by atoms with Crippen LogP contribution in [0.15, 0.2) is 4.99 Å². The van der Waals surface area contributed by atoms with E-state index in [0.717, 1.165) is 44.9 Å². The number of nitrogens with zero attached hydrogens (tertiary/aromatic N) is 2.